The van der Waals surface area contributed by atoms with Crippen LogP contribution in [0.4, 0.5) is 0 Å². The summed E-state index contributed by atoms with van der Waals surface area (Å²) in [7, 11) is -0.763. The second-order valence-electron chi connectivity index (χ2n) is 5.64. The number of carbonyl (C=O) groups excluding carboxylic acids is 1. The van der Waals surface area contributed by atoms with E-state index in [9.17, 15) is 9.00 Å². The first-order valence-corrected chi connectivity index (χ1v) is 9.28. The molecular formula is C16H25NO3S. The van der Waals surface area contributed by atoms with Crippen molar-refractivity contribution < 1.29 is 13.4 Å². The van der Waals surface area contributed by atoms with Gasteiger partial charge < -0.3 is 9.73 Å². The third kappa shape index (κ3) is 4.19. The van der Waals surface area contributed by atoms with Gasteiger partial charge >= 0.3 is 0 Å². The fourth-order valence-corrected chi connectivity index (χ4v) is 4.33. The number of rotatable bonds is 6. The molecule has 118 valence electrons. The van der Waals surface area contributed by atoms with E-state index < -0.39 is 10.8 Å². The highest BCUT2D eigenvalue weighted by Gasteiger charge is 2.27. The fourth-order valence-electron chi connectivity index (χ4n) is 2.98. The normalized spacial score (nSPS) is 23.7. The Bertz CT molecular complexity index is 497. The molecule has 3 unspecified atom stereocenters. The molecule has 1 heterocycles. The van der Waals surface area contributed by atoms with Gasteiger partial charge in [-0.3, -0.25) is 9.00 Å². The summed E-state index contributed by atoms with van der Waals surface area (Å²) >= 11 is 0. The molecule has 1 fully saturated rings. The van der Waals surface area contributed by atoms with Crippen molar-refractivity contribution in [2.24, 2.45) is 0 Å². The Morgan fingerprint density at radius 3 is 2.95 bits per heavy atom. The minimum Gasteiger partial charge on any atom is -0.469 e. The zero-order chi connectivity index (χ0) is 15.2. The van der Waals surface area contributed by atoms with Gasteiger partial charge in [-0.1, -0.05) is 20.3 Å². The minimum atomic E-state index is -0.763. The van der Waals surface area contributed by atoms with Crippen LogP contribution in [0.5, 0.6) is 0 Å². The van der Waals surface area contributed by atoms with Gasteiger partial charge in [0.15, 0.2) is 0 Å². The van der Waals surface area contributed by atoms with E-state index in [-0.39, 0.29) is 17.2 Å². The quantitative estimate of drug-likeness (QED) is 0.878. The number of amides is 1. The Morgan fingerprint density at radius 1 is 1.43 bits per heavy atom. The summed E-state index contributed by atoms with van der Waals surface area (Å²) in [6.07, 6.45) is 7.17. The van der Waals surface area contributed by atoms with Gasteiger partial charge in [-0.2, -0.15) is 0 Å². The highest BCUT2D eigenvalue weighted by Crippen LogP contribution is 2.23. The first-order valence-electron chi connectivity index (χ1n) is 7.90. The molecule has 1 amide bonds. The molecule has 1 aliphatic carbocycles. The Labute approximate surface area is 129 Å². The van der Waals surface area contributed by atoms with Crippen LogP contribution in [-0.2, 0) is 17.2 Å². The predicted molar refractivity (Wildman–Crippen MR) is 84.9 cm³/mol. The van der Waals surface area contributed by atoms with Crippen molar-refractivity contribution in [3.63, 3.8) is 0 Å². The van der Waals surface area contributed by atoms with Crippen LogP contribution in [-0.4, -0.2) is 27.2 Å². The van der Waals surface area contributed by atoms with Crippen LogP contribution in [0.2, 0.25) is 0 Å². The Balaban J connectivity index is 1.95. The summed E-state index contributed by atoms with van der Waals surface area (Å²) in [4.78, 5) is 12.4. The zero-order valence-electron chi connectivity index (χ0n) is 12.9. The third-order valence-electron chi connectivity index (χ3n) is 4.08. The van der Waals surface area contributed by atoms with E-state index in [1.165, 1.54) is 0 Å². The van der Waals surface area contributed by atoms with Gasteiger partial charge in [0.1, 0.15) is 5.76 Å². The van der Waals surface area contributed by atoms with Crippen molar-refractivity contribution in [2.75, 3.05) is 5.75 Å². The van der Waals surface area contributed by atoms with E-state index in [1.54, 1.807) is 12.3 Å². The molecular weight excluding hydrogens is 286 g/mol. The van der Waals surface area contributed by atoms with Gasteiger partial charge in [-0.15, -0.1) is 0 Å². The van der Waals surface area contributed by atoms with Crippen molar-refractivity contribution >= 4 is 16.7 Å². The summed E-state index contributed by atoms with van der Waals surface area (Å²) in [5.41, 5.74) is 0.649. The van der Waals surface area contributed by atoms with E-state index >= 15 is 0 Å². The average Bonchev–Trinajstić information content (AvgIpc) is 2.95. The van der Waals surface area contributed by atoms with Crippen LogP contribution >= 0.6 is 0 Å². The third-order valence-corrected chi connectivity index (χ3v) is 5.83. The molecule has 5 heteroatoms. The van der Waals surface area contributed by atoms with Gasteiger partial charge in [0.2, 0.25) is 0 Å². The monoisotopic (exact) mass is 311 g/mol. The standard InChI is InChI=1S/C16H25NO3S/c1-3-6-15-14(9-10-20-15)16(18)17-12-7-5-8-13(11-12)21(19)4-2/h9-10,12-13H,3-8,11H2,1-2H3,(H,17,18). The molecule has 0 aromatic carbocycles. The number of hydrogen-bond acceptors (Lipinski definition) is 3. The van der Waals surface area contributed by atoms with Gasteiger partial charge in [0.25, 0.3) is 5.91 Å². The van der Waals surface area contributed by atoms with Crippen LogP contribution < -0.4 is 5.32 Å². The average molecular weight is 311 g/mol. The van der Waals surface area contributed by atoms with Crippen LogP contribution in [0.25, 0.3) is 0 Å². The second kappa shape index (κ2) is 7.78. The van der Waals surface area contributed by atoms with Crippen LogP contribution in [0.15, 0.2) is 16.7 Å². The molecule has 2 rings (SSSR count). The van der Waals surface area contributed by atoms with Gasteiger partial charge in [0, 0.05) is 34.3 Å². The lowest BCUT2D eigenvalue weighted by atomic mass is 9.94. The van der Waals surface area contributed by atoms with Crippen molar-refractivity contribution in [1.82, 2.24) is 5.32 Å². The molecule has 1 aromatic rings. The molecule has 1 N–H and O–H groups in total. The molecule has 0 saturated heterocycles. The molecule has 0 bridgehead atoms. The van der Waals surface area contributed by atoms with E-state index in [1.807, 2.05) is 6.92 Å². The molecule has 1 aromatic heterocycles. The Kier molecular flexibility index (Phi) is 6.03. The summed E-state index contributed by atoms with van der Waals surface area (Å²) < 4.78 is 17.3. The largest absolute Gasteiger partial charge is 0.469 e. The number of aryl methyl sites for hydroxylation is 1. The highest BCUT2D eigenvalue weighted by atomic mass is 32.2. The molecule has 1 saturated carbocycles. The Morgan fingerprint density at radius 2 is 2.24 bits per heavy atom. The van der Waals surface area contributed by atoms with Gasteiger partial charge in [-0.25, -0.2) is 0 Å². The van der Waals surface area contributed by atoms with Crippen LogP contribution in [0, 0.1) is 0 Å². The van der Waals surface area contributed by atoms with E-state index in [2.05, 4.69) is 12.2 Å². The lowest BCUT2D eigenvalue weighted by Gasteiger charge is -2.29. The summed E-state index contributed by atoms with van der Waals surface area (Å²) in [5, 5.41) is 3.33. The number of nitrogens with one attached hydrogen (secondary N) is 1. The summed E-state index contributed by atoms with van der Waals surface area (Å²) in [6.45, 7) is 4.02. The summed E-state index contributed by atoms with van der Waals surface area (Å²) in [6, 6.07) is 1.88. The molecule has 21 heavy (non-hydrogen) atoms. The highest BCUT2D eigenvalue weighted by molar-refractivity contribution is 7.85. The molecule has 0 spiro atoms. The molecule has 4 nitrogen and oxygen atoms in total. The number of furan rings is 1. The molecule has 0 aliphatic heterocycles. The van der Waals surface area contributed by atoms with Crippen molar-refractivity contribution in [3.8, 4) is 0 Å². The van der Waals surface area contributed by atoms with Crippen molar-refractivity contribution in [1.29, 1.82) is 0 Å². The fraction of sp³-hybridized carbons (Fsp3) is 0.688. The molecule has 0 radical (unpaired) electrons. The second-order valence-corrected chi connectivity index (χ2v) is 7.64. The van der Waals surface area contributed by atoms with Crippen LogP contribution in [0.1, 0.15) is 62.1 Å². The first-order chi connectivity index (χ1) is 10.2. The molecule has 1 aliphatic rings. The minimum absolute atomic E-state index is 0.0554. The van der Waals surface area contributed by atoms with Crippen molar-refractivity contribution in [3.05, 3.63) is 23.7 Å². The van der Waals surface area contributed by atoms with E-state index in [0.29, 0.717) is 11.3 Å². The maximum atomic E-state index is 12.4. The van der Waals surface area contributed by atoms with E-state index in [4.69, 9.17) is 4.42 Å². The van der Waals surface area contributed by atoms with Crippen molar-refractivity contribution in [2.45, 2.75) is 63.7 Å². The van der Waals surface area contributed by atoms with Crippen LogP contribution in [0.3, 0.4) is 0 Å². The number of hydrogen-bond donors (Lipinski definition) is 1. The van der Waals surface area contributed by atoms with Gasteiger partial charge in [-0.05, 0) is 31.7 Å². The maximum absolute atomic E-state index is 12.4. The zero-order valence-corrected chi connectivity index (χ0v) is 13.7. The van der Waals surface area contributed by atoms with Gasteiger partial charge in [0.05, 0.1) is 11.8 Å². The lowest BCUT2D eigenvalue weighted by molar-refractivity contribution is 0.0926. The van der Waals surface area contributed by atoms with E-state index in [0.717, 1.165) is 44.3 Å². The molecule has 3 atom stereocenters. The number of carbonyl (C=O) groups is 1. The summed E-state index contributed by atoms with van der Waals surface area (Å²) in [5.74, 6) is 1.41. The first kappa shape index (κ1) is 16.3. The Hall–Kier alpha value is -1.10. The maximum Gasteiger partial charge on any atom is 0.255 e. The SMILES string of the molecule is CCCc1occc1C(=O)NC1CCCC(S(=O)CC)C1. The smallest absolute Gasteiger partial charge is 0.255 e. The lowest BCUT2D eigenvalue weighted by Crippen LogP contribution is -2.41. The predicted octanol–water partition coefficient (Wildman–Crippen LogP) is 3.04. The topological polar surface area (TPSA) is 59.3 Å².